The molecule has 0 fully saturated rings. The Labute approximate surface area is 126 Å². The van der Waals surface area contributed by atoms with E-state index in [2.05, 4.69) is 11.7 Å². The third-order valence-electron chi connectivity index (χ3n) is 3.12. The van der Waals surface area contributed by atoms with Crippen molar-refractivity contribution in [3.8, 4) is 11.5 Å². The largest absolute Gasteiger partial charge is 0.490 e. The minimum absolute atomic E-state index is 0.144. The van der Waals surface area contributed by atoms with Gasteiger partial charge in [-0.3, -0.25) is 4.79 Å². The molecule has 1 unspecified atom stereocenters. The van der Waals surface area contributed by atoms with Crippen LogP contribution in [-0.4, -0.2) is 32.3 Å². The fourth-order valence-electron chi connectivity index (χ4n) is 1.86. The van der Waals surface area contributed by atoms with Gasteiger partial charge in [-0.15, -0.1) is 0 Å². The van der Waals surface area contributed by atoms with Gasteiger partial charge >= 0.3 is 5.97 Å². The maximum atomic E-state index is 11.1. The van der Waals surface area contributed by atoms with E-state index in [-0.39, 0.29) is 25.0 Å². The number of rotatable bonds is 9. The monoisotopic (exact) mass is 295 g/mol. The number of hydrogen-bond donors (Lipinski definition) is 1. The summed E-state index contributed by atoms with van der Waals surface area (Å²) in [5.74, 6) is 1.02. The summed E-state index contributed by atoms with van der Waals surface area (Å²) in [6, 6.07) is 5.93. The lowest BCUT2D eigenvalue weighted by atomic mass is 10.0. The second kappa shape index (κ2) is 9.23. The quantitative estimate of drug-likeness (QED) is 0.708. The molecule has 1 atom stereocenters. The van der Waals surface area contributed by atoms with Crippen LogP contribution in [0.15, 0.2) is 18.2 Å². The van der Waals surface area contributed by atoms with Crippen molar-refractivity contribution >= 4 is 5.97 Å². The van der Waals surface area contributed by atoms with Gasteiger partial charge in [-0.1, -0.05) is 13.0 Å². The van der Waals surface area contributed by atoms with Crippen molar-refractivity contribution in [1.82, 2.24) is 0 Å². The predicted octanol–water partition coefficient (Wildman–Crippen LogP) is 2.31. The summed E-state index contributed by atoms with van der Waals surface area (Å²) in [5, 5.41) is 0. The standard InChI is InChI=1S/C16H25NO4/c1-4-13(17)10-12-6-7-14(15(11-12)20-5-2)21-9-8-16(18)19-3/h6-7,11,13H,4-5,8-10,17H2,1-3H3. The molecule has 0 radical (unpaired) electrons. The molecule has 0 heterocycles. The van der Waals surface area contributed by atoms with E-state index >= 15 is 0 Å². The van der Waals surface area contributed by atoms with Crippen molar-refractivity contribution in [1.29, 1.82) is 0 Å². The van der Waals surface area contributed by atoms with Crippen LogP contribution in [0, 0.1) is 0 Å². The predicted molar refractivity (Wildman–Crippen MR) is 81.7 cm³/mol. The Balaban J connectivity index is 2.71. The van der Waals surface area contributed by atoms with E-state index < -0.39 is 0 Å². The number of nitrogens with two attached hydrogens (primary N) is 1. The van der Waals surface area contributed by atoms with Crippen LogP contribution in [0.5, 0.6) is 11.5 Å². The first-order valence-corrected chi connectivity index (χ1v) is 7.31. The first kappa shape index (κ1) is 17.3. The zero-order valence-electron chi connectivity index (χ0n) is 13.1. The number of esters is 1. The second-order valence-corrected chi connectivity index (χ2v) is 4.76. The first-order valence-electron chi connectivity index (χ1n) is 7.31. The molecule has 0 saturated carbocycles. The molecule has 0 aromatic heterocycles. The summed E-state index contributed by atoms with van der Waals surface area (Å²) in [6.45, 7) is 4.80. The van der Waals surface area contributed by atoms with E-state index in [0.29, 0.717) is 18.1 Å². The number of hydrogen-bond acceptors (Lipinski definition) is 5. The van der Waals surface area contributed by atoms with Gasteiger partial charge in [0, 0.05) is 6.04 Å². The average Bonchev–Trinajstić information content (AvgIpc) is 2.49. The highest BCUT2D eigenvalue weighted by Gasteiger charge is 2.10. The third kappa shape index (κ3) is 6.04. The van der Waals surface area contributed by atoms with E-state index in [9.17, 15) is 4.79 Å². The van der Waals surface area contributed by atoms with Crippen LogP contribution >= 0.6 is 0 Å². The summed E-state index contributed by atoms with van der Waals surface area (Å²) in [6.07, 6.45) is 1.95. The van der Waals surface area contributed by atoms with Crippen LogP contribution in [0.1, 0.15) is 32.3 Å². The van der Waals surface area contributed by atoms with Crippen molar-refractivity contribution in [2.75, 3.05) is 20.3 Å². The molecule has 0 spiro atoms. The molecule has 0 amide bonds. The Morgan fingerprint density at radius 2 is 2.00 bits per heavy atom. The SMILES string of the molecule is CCOc1cc(CC(N)CC)ccc1OCCC(=O)OC. The van der Waals surface area contributed by atoms with Gasteiger partial charge in [0.1, 0.15) is 0 Å². The Hall–Kier alpha value is -1.75. The topological polar surface area (TPSA) is 70.8 Å². The van der Waals surface area contributed by atoms with Crippen LogP contribution in [0.2, 0.25) is 0 Å². The number of carbonyl (C=O) groups excluding carboxylic acids is 1. The summed E-state index contributed by atoms with van der Waals surface area (Å²) in [7, 11) is 1.36. The Kier molecular flexibility index (Phi) is 7.61. The van der Waals surface area contributed by atoms with Crippen LogP contribution in [0.4, 0.5) is 0 Å². The number of ether oxygens (including phenoxy) is 3. The van der Waals surface area contributed by atoms with Crippen LogP contribution in [-0.2, 0) is 16.0 Å². The van der Waals surface area contributed by atoms with Gasteiger partial charge in [-0.05, 0) is 37.5 Å². The Bertz CT molecular complexity index is 448. The van der Waals surface area contributed by atoms with Crippen molar-refractivity contribution < 1.29 is 19.0 Å². The van der Waals surface area contributed by atoms with Gasteiger partial charge < -0.3 is 19.9 Å². The maximum Gasteiger partial charge on any atom is 0.308 e. The fraction of sp³-hybridized carbons (Fsp3) is 0.562. The second-order valence-electron chi connectivity index (χ2n) is 4.76. The molecule has 5 heteroatoms. The number of benzene rings is 1. The highest BCUT2D eigenvalue weighted by molar-refractivity contribution is 5.69. The summed E-state index contributed by atoms with van der Waals surface area (Å²) < 4.78 is 15.8. The summed E-state index contributed by atoms with van der Waals surface area (Å²) >= 11 is 0. The van der Waals surface area contributed by atoms with Crippen molar-refractivity contribution in [2.45, 2.75) is 39.2 Å². The summed E-state index contributed by atoms with van der Waals surface area (Å²) in [4.78, 5) is 11.1. The van der Waals surface area contributed by atoms with Gasteiger partial charge in [0.15, 0.2) is 11.5 Å². The molecule has 1 aromatic rings. The van der Waals surface area contributed by atoms with Gasteiger partial charge in [-0.2, -0.15) is 0 Å². The zero-order valence-corrected chi connectivity index (χ0v) is 13.1. The molecule has 1 rings (SSSR count). The smallest absolute Gasteiger partial charge is 0.308 e. The summed E-state index contributed by atoms with van der Waals surface area (Å²) in [5.41, 5.74) is 7.09. The van der Waals surface area contributed by atoms with Gasteiger partial charge in [-0.25, -0.2) is 0 Å². The van der Waals surface area contributed by atoms with Gasteiger partial charge in [0.05, 0.1) is 26.7 Å². The third-order valence-corrected chi connectivity index (χ3v) is 3.12. The fourth-order valence-corrected chi connectivity index (χ4v) is 1.86. The lowest BCUT2D eigenvalue weighted by Crippen LogP contribution is -2.21. The Morgan fingerprint density at radius 3 is 2.62 bits per heavy atom. The first-order chi connectivity index (χ1) is 10.1. The van der Waals surface area contributed by atoms with Crippen molar-refractivity contribution in [3.05, 3.63) is 23.8 Å². The van der Waals surface area contributed by atoms with E-state index in [1.807, 2.05) is 25.1 Å². The lowest BCUT2D eigenvalue weighted by molar-refractivity contribution is -0.141. The van der Waals surface area contributed by atoms with E-state index in [1.54, 1.807) is 0 Å². The molecule has 0 aliphatic heterocycles. The lowest BCUT2D eigenvalue weighted by Gasteiger charge is -2.14. The van der Waals surface area contributed by atoms with Crippen LogP contribution in [0.3, 0.4) is 0 Å². The molecule has 0 saturated heterocycles. The average molecular weight is 295 g/mol. The maximum absolute atomic E-state index is 11.1. The number of methoxy groups -OCH3 is 1. The highest BCUT2D eigenvalue weighted by atomic mass is 16.5. The van der Waals surface area contributed by atoms with Crippen LogP contribution < -0.4 is 15.2 Å². The molecule has 0 aliphatic carbocycles. The van der Waals surface area contributed by atoms with Crippen molar-refractivity contribution in [3.63, 3.8) is 0 Å². The Morgan fingerprint density at radius 1 is 1.24 bits per heavy atom. The molecule has 21 heavy (non-hydrogen) atoms. The molecule has 0 bridgehead atoms. The molecule has 1 aromatic carbocycles. The van der Waals surface area contributed by atoms with E-state index in [0.717, 1.165) is 18.4 Å². The highest BCUT2D eigenvalue weighted by Crippen LogP contribution is 2.29. The molecule has 5 nitrogen and oxygen atoms in total. The zero-order chi connectivity index (χ0) is 15.7. The van der Waals surface area contributed by atoms with Crippen molar-refractivity contribution in [2.24, 2.45) is 5.73 Å². The molecule has 0 aliphatic rings. The molecule has 2 N–H and O–H groups in total. The van der Waals surface area contributed by atoms with Gasteiger partial charge in [0.2, 0.25) is 0 Å². The minimum Gasteiger partial charge on any atom is -0.490 e. The molecular weight excluding hydrogens is 270 g/mol. The molecule has 118 valence electrons. The van der Waals surface area contributed by atoms with Crippen LogP contribution in [0.25, 0.3) is 0 Å². The van der Waals surface area contributed by atoms with E-state index in [4.69, 9.17) is 15.2 Å². The molecular formula is C16H25NO4. The number of carbonyl (C=O) groups is 1. The normalized spacial score (nSPS) is 11.8. The minimum atomic E-state index is -0.293. The van der Waals surface area contributed by atoms with Gasteiger partial charge in [0.25, 0.3) is 0 Å². The van der Waals surface area contributed by atoms with E-state index in [1.165, 1.54) is 7.11 Å².